The fourth-order valence-electron chi connectivity index (χ4n) is 0.599. The normalized spacial score (nSPS) is 8.82. The van der Waals surface area contributed by atoms with E-state index in [9.17, 15) is 9.59 Å². The van der Waals surface area contributed by atoms with E-state index in [1.54, 1.807) is 13.8 Å². The summed E-state index contributed by atoms with van der Waals surface area (Å²) >= 11 is 0. The number of rotatable bonds is 4. The van der Waals surface area contributed by atoms with E-state index in [4.69, 9.17) is 0 Å². The maximum atomic E-state index is 10.2. The summed E-state index contributed by atoms with van der Waals surface area (Å²) < 4.78 is 17.5. The molecule has 0 aromatic rings. The summed E-state index contributed by atoms with van der Waals surface area (Å²) in [4.78, 5) is 20.4. The zero-order chi connectivity index (χ0) is 13.7. The number of carbonyl (C=O) groups excluding carboxylic acids is 2. The monoisotopic (exact) mass is 250 g/mol. The molecule has 0 aliphatic heterocycles. The first kappa shape index (κ1) is 17.9. The molecule has 0 aliphatic carbocycles. The van der Waals surface area contributed by atoms with Gasteiger partial charge in [0.1, 0.15) is 0 Å². The van der Waals surface area contributed by atoms with E-state index in [-0.39, 0.29) is 6.10 Å². The molecular formula is C11H22O6. The molecule has 6 heteroatoms. The van der Waals surface area contributed by atoms with Crippen molar-refractivity contribution in [3.8, 4) is 0 Å². The first-order chi connectivity index (χ1) is 7.97. The third-order valence-electron chi connectivity index (χ3n) is 1.38. The number of hydrogen-bond acceptors (Lipinski definition) is 6. The molecule has 6 nitrogen and oxygen atoms in total. The van der Waals surface area contributed by atoms with E-state index in [1.807, 2.05) is 6.92 Å². The van der Waals surface area contributed by atoms with Gasteiger partial charge in [0.15, 0.2) is 0 Å². The highest BCUT2D eigenvalue weighted by molar-refractivity contribution is 5.59. The minimum atomic E-state index is -0.625. The first-order valence-corrected chi connectivity index (χ1v) is 5.43. The van der Waals surface area contributed by atoms with Crippen LogP contribution in [0.15, 0.2) is 0 Å². The highest BCUT2D eigenvalue weighted by Gasteiger charge is 2.01. The van der Waals surface area contributed by atoms with Gasteiger partial charge in [0.25, 0.3) is 0 Å². The van der Waals surface area contributed by atoms with Crippen molar-refractivity contribution in [2.24, 2.45) is 0 Å². The quantitative estimate of drug-likeness (QED) is 0.564. The van der Waals surface area contributed by atoms with Crippen LogP contribution in [0.1, 0.15) is 33.6 Å². The van der Waals surface area contributed by atoms with Crippen molar-refractivity contribution in [3.05, 3.63) is 0 Å². The highest BCUT2D eigenvalue weighted by Crippen LogP contribution is 1.89. The van der Waals surface area contributed by atoms with Gasteiger partial charge in [-0.3, -0.25) is 0 Å². The molecule has 102 valence electrons. The number of methoxy groups -OCH3 is 2. The van der Waals surface area contributed by atoms with Crippen molar-refractivity contribution >= 4 is 12.3 Å². The Balaban J connectivity index is 0. The molecule has 0 N–H and O–H groups in total. The molecule has 0 heterocycles. The summed E-state index contributed by atoms with van der Waals surface area (Å²) in [6, 6.07) is 0. The summed E-state index contributed by atoms with van der Waals surface area (Å²) in [5, 5.41) is 0. The Bertz CT molecular complexity index is 202. The van der Waals surface area contributed by atoms with Gasteiger partial charge in [-0.15, -0.1) is 0 Å². The van der Waals surface area contributed by atoms with E-state index in [1.165, 1.54) is 14.2 Å². The molecule has 0 saturated heterocycles. The average molecular weight is 250 g/mol. The molecular weight excluding hydrogens is 228 g/mol. The minimum absolute atomic E-state index is 0.0950. The Hall–Kier alpha value is -1.46. The van der Waals surface area contributed by atoms with Gasteiger partial charge in [-0.1, -0.05) is 13.3 Å². The van der Waals surface area contributed by atoms with Crippen molar-refractivity contribution in [2.45, 2.75) is 39.7 Å². The first-order valence-electron chi connectivity index (χ1n) is 5.43. The van der Waals surface area contributed by atoms with E-state index in [2.05, 4.69) is 18.9 Å². The van der Waals surface area contributed by atoms with E-state index < -0.39 is 12.3 Å². The largest absolute Gasteiger partial charge is 0.508 e. The molecule has 0 aliphatic rings. The van der Waals surface area contributed by atoms with Gasteiger partial charge in [-0.2, -0.15) is 0 Å². The van der Waals surface area contributed by atoms with Crippen LogP contribution < -0.4 is 0 Å². The molecule has 0 unspecified atom stereocenters. The van der Waals surface area contributed by atoms with Crippen LogP contribution in [-0.4, -0.2) is 39.2 Å². The fraction of sp³-hybridized carbons (Fsp3) is 0.818. The van der Waals surface area contributed by atoms with Gasteiger partial charge >= 0.3 is 12.3 Å². The fourth-order valence-corrected chi connectivity index (χ4v) is 0.599. The van der Waals surface area contributed by atoms with E-state index in [0.29, 0.717) is 6.61 Å². The Morgan fingerprint density at radius 3 is 1.88 bits per heavy atom. The molecule has 0 amide bonds. The second-order valence-electron chi connectivity index (χ2n) is 3.28. The van der Waals surface area contributed by atoms with Gasteiger partial charge in [-0.25, -0.2) is 9.59 Å². The number of ether oxygens (including phenoxy) is 4. The predicted molar refractivity (Wildman–Crippen MR) is 61.9 cm³/mol. The lowest BCUT2D eigenvalue weighted by Crippen LogP contribution is -2.10. The Labute approximate surface area is 102 Å². The zero-order valence-corrected chi connectivity index (χ0v) is 11.1. The summed E-state index contributed by atoms with van der Waals surface area (Å²) in [5.41, 5.74) is 0. The van der Waals surface area contributed by atoms with Gasteiger partial charge in [0, 0.05) is 0 Å². The zero-order valence-electron chi connectivity index (χ0n) is 11.1. The van der Waals surface area contributed by atoms with Crippen LogP contribution in [0.3, 0.4) is 0 Å². The van der Waals surface area contributed by atoms with Crippen molar-refractivity contribution in [3.63, 3.8) is 0 Å². The lowest BCUT2D eigenvalue weighted by Gasteiger charge is -2.03. The molecule has 0 spiro atoms. The van der Waals surface area contributed by atoms with Crippen LogP contribution >= 0.6 is 0 Å². The summed E-state index contributed by atoms with van der Waals surface area (Å²) in [6.07, 6.45) is 0.609. The topological polar surface area (TPSA) is 71.1 Å². The lowest BCUT2D eigenvalue weighted by atomic mass is 10.4. The Morgan fingerprint density at radius 2 is 1.59 bits per heavy atom. The lowest BCUT2D eigenvalue weighted by molar-refractivity contribution is 0.0495. The molecule has 0 rings (SSSR count). The summed E-state index contributed by atoms with van der Waals surface area (Å²) in [7, 11) is 2.58. The predicted octanol–water partition coefficient (Wildman–Crippen LogP) is 2.75. The molecule has 0 atom stereocenters. The van der Waals surface area contributed by atoms with Crippen LogP contribution in [0.4, 0.5) is 9.59 Å². The number of carbonyl (C=O) groups is 2. The Morgan fingerprint density at radius 1 is 1.06 bits per heavy atom. The SMILES string of the molecule is CCCCOC(=O)OC.COC(=O)OC(C)C. The molecule has 17 heavy (non-hydrogen) atoms. The summed E-state index contributed by atoms with van der Waals surface area (Å²) in [6.45, 7) is 6.01. The molecule has 0 aromatic carbocycles. The van der Waals surface area contributed by atoms with Gasteiger partial charge < -0.3 is 18.9 Å². The van der Waals surface area contributed by atoms with Crippen LogP contribution in [0.5, 0.6) is 0 Å². The van der Waals surface area contributed by atoms with Gasteiger partial charge in [0.05, 0.1) is 26.9 Å². The standard InChI is InChI=1S/C6H12O3.C5H10O3/c1-3-4-5-9-6(7)8-2;1-4(2)8-5(6)7-3/h3-5H2,1-2H3;4H,1-3H3. The minimum Gasteiger partial charge on any atom is -0.438 e. The van der Waals surface area contributed by atoms with Crippen LogP contribution in [-0.2, 0) is 18.9 Å². The second-order valence-corrected chi connectivity index (χ2v) is 3.28. The molecule has 0 bridgehead atoms. The highest BCUT2D eigenvalue weighted by atomic mass is 16.7. The van der Waals surface area contributed by atoms with E-state index in [0.717, 1.165) is 12.8 Å². The van der Waals surface area contributed by atoms with Crippen LogP contribution in [0, 0.1) is 0 Å². The average Bonchev–Trinajstić information content (AvgIpc) is 2.29. The van der Waals surface area contributed by atoms with Crippen LogP contribution in [0.2, 0.25) is 0 Å². The molecule has 0 aromatic heterocycles. The number of unbranched alkanes of at least 4 members (excludes halogenated alkanes) is 1. The maximum Gasteiger partial charge on any atom is 0.508 e. The van der Waals surface area contributed by atoms with Crippen molar-refractivity contribution < 1.29 is 28.5 Å². The third kappa shape index (κ3) is 17.2. The van der Waals surface area contributed by atoms with Gasteiger partial charge in [0.2, 0.25) is 0 Å². The molecule has 0 radical (unpaired) electrons. The maximum absolute atomic E-state index is 10.2. The third-order valence-corrected chi connectivity index (χ3v) is 1.38. The Kier molecular flexibility index (Phi) is 13.3. The molecule has 0 fully saturated rings. The van der Waals surface area contributed by atoms with Crippen molar-refractivity contribution in [2.75, 3.05) is 20.8 Å². The van der Waals surface area contributed by atoms with Crippen molar-refractivity contribution in [1.82, 2.24) is 0 Å². The van der Waals surface area contributed by atoms with Crippen molar-refractivity contribution in [1.29, 1.82) is 0 Å². The molecule has 0 saturated carbocycles. The van der Waals surface area contributed by atoms with E-state index >= 15 is 0 Å². The summed E-state index contributed by atoms with van der Waals surface area (Å²) in [5.74, 6) is 0. The van der Waals surface area contributed by atoms with Gasteiger partial charge in [-0.05, 0) is 20.3 Å². The smallest absolute Gasteiger partial charge is 0.438 e. The van der Waals surface area contributed by atoms with Crippen LogP contribution in [0.25, 0.3) is 0 Å². The number of hydrogen-bond donors (Lipinski definition) is 0. The second kappa shape index (κ2) is 12.6.